The van der Waals surface area contributed by atoms with Gasteiger partial charge in [-0.25, -0.2) is 4.68 Å². The topological polar surface area (TPSA) is 64.0 Å². The second-order valence-corrected chi connectivity index (χ2v) is 5.93. The molecule has 0 unspecified atom stereocenters. The van der Waals surface area contributed by atoms with Crippen LogP contribution < -0.4 is 10.9 Å². The molecule has 0 aliphatic heterocycles. The molecule has 1 N–H and O–H groups in total. The Morgan fingerprint density at radius 2 is 1.78 bits per heavy atom. The lowest BCUT2D eigenvalue weighted by atomic mass is 10.2. The molecule has 0 aliphatic carbocycles. The molecule has 3 rings (SSSR count). The summed E-state index contributed by atoms with van der Waals surface area (Å²) in [5.41, 5.74) is 1.52. The van der Waals surface area contributed by atoms with Crippen LogP contribution in [0.15, 0.2) is 57.9 Å². The zero-order chi connectivity index (χ0) is 16.4. The normalized spacial score (nSPS) is 10.7. The van der Waals surface area contributed by atoms with Gasteiger partial charge in [-0.15, -0.1) is 0 Å². The molecule has 1 amide bonds. The molecule has 23 heavy (non-hydrogen) atoms. The minimum absolute atomic E-state index is 0.117. The van der Waals surface area contributed by atoms with Gasteiger partial charge in [0.2, 0.25) is 5.91 Å². The van der Waals surface area contributed by atoms with Gasteiger partial charge >= 0.3 is 0 Å². The van der Waals surface area contributed by atoms with Crippen LogP contribution in [0, 0.1) is 0 Å². The number of rotatable bonds is 3. The Morgan fingerprint density at radius 3 is 2.43 bits per heavy atom. The van der Waals surface area contributed by atoms with Gasteiger partial charge in [0.05, 0.1) is 11.9 Å². The molecule has 1 aromatic heterocycles. The van der Waals surface area contributed by atoms with Crippen LogP contribution in [0.3, 0.4) is 0 Å². The minimum atomic E-state index is -0.130. The van der Waals surface area contributed by atoms with E-state index in [1.54, 1.807) is 18.2 Å². The van der Waals surface area contributed by atoms with Gasteiger partial charge in [-0.05, 0) is 39.7 Å². The largest absolute Gasteiger partial charge is 0.326 e. The van der Waals surface area contributed by atoms with Gasteiger partial charge in [-0.1, -0.05) is 30.3 Å². The van der Waals surface area contributed by atoms with E-state index in [9.17, 15) is 9.59 Å². The van der Waals surface area contributed by atoms with Crippen molar-refractivity contribution in [3.05, 3.63) is 69.1 Å². The number of hydrogen-bond acceptors (Lipinski definition) is 3. The molecule has 1 heterocycles. The van der Waals surface area contributed by atoms with Crippen molar-refractivity contribution < 1.29 is 4.79 Å². The first-order chi connectivity index (χ1) is 11.0. The Kier molecular flexibility index (Phi) is 4.25. The first kappa shape index (κ1) is 15.4. The Bertz CT molecular complexity index is 933. The summed E-state index contributed by atoms with van der Waals surface area (Å²) >= 11 is 3.42. The highest BCUT2D eigenvalue weighted by Gasteiger charge is 2.08. The van der Waals surface area contributed by atoms with Gasteiger partial charge in [0.1, 0.15) is 4.60 Å². The molecule has 3 aromatic rings. The van der Waals surface area contributed by atoms with E-state index in [0.717, 1.165) is 16.6 Å². The molecule has 0 radical (unpaired) electrons. The SMILES string of the molecule is CC(=O)Nc1ccc(Cn2nc(Br)c3ccccc3c2=O)cc1. The number of hydrogen-bond donors (Lipinski definition) is 1. The van der Waals surface area contributed by atoms with Crippen LogP contribution in [0.2, 0.25) is 0 Å². The van der Waals surface area contributed by atoms with Crippen LogP contribution in [0.5, 0.6) is 0 Å². The number of carbonyl (C=O) groups excluding carboxylic acids is 1. The summed E-state index contributed by atoms with van der Waals surface area (Å²) in [5, 5.41) is 8.46. The number of fused-ring (bicyclic) bond motifs is 1. The lowest BCUT2D eigenvalue weighted by Gasteiger charge is -2.09. The van der Waals surface area contributed by atoms with Crippen LogP contribution in [0.1, 0.15) is 12.5 Å². The maximum Gasteiger partial charge on any atom is 0.275 e. The zero-order valence-electron chi connectivity index (χ0n) is 12.4. The predicted molar refractivity (Wildman–Crippen MR) is 93.6 cm³/mol. The van der Waals surface area contributed by atoms with Crippen molar-refractivity contribution in [2.24, 2.45) is 0 Å². The average molecular weight is 372 g/mol. The van der Waals surface area contributed by atoms with Crippen LogP contribution in [-0.2, 0) is 11.3 Å². The Labute approximate surface area is 141 Å². The number of nitrogens with one attached hydrogen (secondary N) is 1. The maximum absolute atomic E-state index is 12.5. The van der Waals surface area contributed by atoms with Gasteiger partial charge in [-0.2, -0.15) is 5.10 Å². The predicted octanol–water partition coefficient (Wildman–Crippen LogP) is 3.17. The van der Waals surface area contributed by atoms with Crippen molar-refractivity contribution in [1.29, 1.82) is 0 Å². The van der Waals surface area contributed by atoms with Gasteiger partial charge in [0.25, 0.3) is 5.56 Å². The van der Waals surface area contributed by atoms with Crippen molar-refractivity contribution in [3.63, 3.8) is 0 Å². The molecule has 0 aliphatic rings. The zero-order valence-corrected chi connectivity index (χ0v) is 14.0. The van der Waals surface area contributed by atoms with E-state index in [4.69, 9.17) is 0 Å². The summed E-state index contributed by atoms with van der Waals surface area (Å²) in [7, 11) is 0. The number of amides is 1. The van der Waals surface area contributed by atoms with E-state index in [1.807, 2.05) is 30.3 Å². The van der Waals surface area contributed by atoms with E-state index in [2.05, 4.69) is 26.3 Å². The summed E-state index contributed by atoms with van der Waals surface area (Å²) < 4.78 is 2.07. The number of carbonyl (C=O) groups is 1. The number of nitrogens with zero attached hydrogens (tertiary/aromatic N) is 2. The van der Waals surface area contributed by atoms with E-state index < -0.39 is 0 Å². The Hall–Kier alpha value is -2.47. The van der Waals surface area contributed by atoms with Gasteiger partial charge in [0, 0.05) is 18.0 Å². The van der Waals surface area contributed by atoms with Gasteiger partial charge < -0.3 is 5.32 Å². The minimum Gasteiger partial charge on any atom is -0.326 e. The standard InChI is InChI=1S/C17H14BrN3O2/c1-11(22)19-13-8-6-12(7-9-13)10-21-17(23)15-5-3-2-4-14(15)16(18)20-21/h2-9H,10H2,1H3,(H,19,22). The van der Waals surface area contributed by atoms with Crippen LogP contribution in [0.4, 0.5) is 5.69 Å². The fourth-order valence-electron chi connectivity index (χ4n) is 2.37. The molecule has 0 spiro atoms. The quantitative estimate of drug-likeness (QED) is 0.768. The van der Waals surface area contributed by atoms with Crippen molar-refractivity contribution >= 4 is 38.3 Å². The van der Waals surface area contributed by atoms with E-state index in [1.165, 1.54) is 11.6 Å². The Morgan fingerprint density at radius 1 is 1.13 bits per heavy atom. The summed E-state index contributed by atoms with van der Waals surface area (Å²) in [6.45, 7) is 1.83. The highest BCUT2D eigenvalue weighted by molar-refractivity contribution is 9.10. The second kappa shape index (κ2) is 6.34. The Balaban J connectivity index is 1.94. The fourth-order valence-corrected chi connectivity index (χ4v) is 2.91. The van der Waals surface area contributed by atoms with Crippen LogP contribution in [0.25, 0.3) is 10.8 Å². The average Bonchev–Trinajstić information content (AvgIpc) is 2.54. The van der Waals surface area contributed by atoms with Crippen LogP contribution >= 0.6 is 15.9 Å². The lowest BCUT2D eigenvalue weighted by molar-refractivity contribution is -0.114. The molecular weight excluding hydrogens is 358 g/mol. The molecule has 0 fully saturated rings. The molecule has 2 aromatic carbocycles. The highest BCUT2D eigenvalue weighted by Crippen LogP contribution is 2.18. The third-order valence-corrected chi connectivity index (χ3v) is 4.02. The molecular formula is C17H14BrN3O2. The van der Waals surface area contributed by atoms with Crippen molar-refractivity contribution in [2.45, 2.75) is 13.5 Å². The molecule has 116 valence electrons. The summed E-state index contributed by atoms with van der Waals surface area (Å²) in [4.78, 5) is 23.5. The first-order valence-electron chi connectivity index (χ1n) is 7.06. The third-order valence-electron chi connectivity index (χ3n) is 3.43. The van der Waals surface area contributed by atoms with Crippen molar-refractivity contribution in [1.82, 2.24) is 9.78 Å². The van der Waals surface area contributed by atoms with E-state index in [0.29, 0.717) is 16.5 Å². The van der Waals surface area contributed by atoms with Gasteiger partial charge in [0.15, 0.2) is 0 Å². The highest BCUT2D eigenvalue weighted by atomic mass is 79.9. The summed E-state index contributed by atoms with van der Waals surface area (Å²) in [6, 6.07) is 14.7. The first-order valence-corrected chi connectivity index (χ1v) is 7.86. The molecule has 6 heteroatoms. The third kappa shape index (κ3) is 3.32. The monoisotopic (exact) mass is 371 g/mol. The number of halogens is 1. The number of anilines is 1. The van der Waals surface area contributed by atoms with E-state index in [-0.39, 0.29) is 11.5 Å². The molecule has 0 atom stereocenters. The number of aromatic nitrogens is 2. The molecule has 5 nitrogen and oxygen atoms in total. The summed E-state index contributed by atoms with van der Waals surface area (Å²) in [5.74, 6) is -0.117. The molecule has 0 saturated carbocycles. The van der Waals surface area contributed by atoms with Crippen molar-refractivity contribution in [2.75, 3.05) is 5.32 Å². The smallest absolute Gasteiger partial charge is 0.275 e. The second-order valence-electron chi connectivity index (χ2n) is 5.18. The lowest BCUT2D eigenvalue weighted by Crippen LogP contribution is -2.24. The fraction of sp³-hybridized carbons (Fsp3) is 0.118. The van der Waals surface area contributed by atoms with Crippen molar-refractivity contribution in [3.8, 4) is 0 Å². The summed E-state index contributed by atoms with van der Waals surface area (Å²) in [6.07, 6.45) is 0. The molecule has 0 saturated heterocycles. The maximum atomic E-state index is 12.5. The van der Waals surface area contributed by atoms with Gasteiger partial charge in [-0.3, -0.25) is 9.59 Å². The molecule has 0 bridgehead atoms. The van der Waals surface area contributed by atoms with E-state index >= 15 is 0 Å². The van der Waals surface area contributed by atoms with Crippen LogP contribution in [-0.4, -0.2) is 15.7 Å². The number of benzene rings is 2.